The van der Waals surface area contributed by atoms with Crippen LogP contribution in [0.5, 0.6) is 0 Å². The predicted octanol–water partition coefficient (Wildman–Crippen LogP) is 1.20. The van der Waals surface area contributed by atoms with Crippen LogP contribution >= 0.6 is 24.8 Å². The van der Waals surface area contributed by atoms with Crippen molar-refractivity contribution in [2.75, 3.05) is 5.75 Å². The second-order valence-electron chi connectivity index (χ2n) is 1.44. The van der Waals surface area contributed by atoms with Gasteiger partial charge in [0.15, 0.2) is 5.05 Å². The Kier molecular flexibility index (Phi) is 4.71. The van der Waals surface area contributed by atoms with E-state index in [1.54, 1.807) is 6.92 Å². The minimum absolute atomic E-state index is 0.266. The molecule has 0 aliphatic rings. The Labute approximate surface area is 65.0 Å². The first-order valence-corrected chi connectivity index (χ1v) is 3.53. The molecule has 0 aliphatic heterocycles. The minimum Gasteiger partial charge on any atom is -0.419 e. The van der Waals surface area contributed by atoms with Crippen LogP contribution < -0.4 is 0 Å². The van der Waals surface area contributed by atoms with Crippen LogP contribution in [0.4, 0.5) is 0 Å². The van der Waals surface area contributed by atoms with Crippen molar-refractivity contribution in [1.29, 1.82) is 0 Å². The van der Waals surface area contributed by atoms with Crippen molar-refractivity contribution < 1.29 is 9.53 Å². The molecular weight excluding hydrogens is 156 g/mol. The number of rotatable bonds is 2. The van der Waals surface area contributed by atoms with Crippen LogP contribution in [-0.4, -0.2) is 16.8 Å². The molecule has 0 fully saturated rings. The van der Waals surface area contributed by atoms with E-state index in [1.807, 2.05) is 0 Å². The maximum Gasteiger partial charge on any atom is 0.312 e. The fourth-order valence-electron chi connectivity index (χ4n) is 0.303. The SMILES string of the molecule is CC(=S)OC(=O)CCS. The lowest BCUT2D eigenvalue weighted by atomic mass is 10.5. The van der Waals surface area contributed by atoms with Gasteiger partial charge in [-0.25, -0.2) is 0 Å². The Morgan fingerprint density at radius 2 is 2.33 bits per heavy atom. The van der Waals surface area contributed by atoms with E-state index in [0.717, 1.165) is 0 Å². The Balaban J connectivity index is 3.39. The van der Waals surface area contributed by atoms with E-state index in [9.17, 15) is 4.79 Å². The van der Waals surface area contributed by atoms with E-state index in [1.165, 1.54) is 0 Å². The van der Waals surface area contributed by atoms with Gasteiger partial charge in [0.05, 0.1) is 6.42 Å². The van der Waals surface area contributed by atoms with Crippen LogP contribution in [0.1, 0.15) is 13.3 Å². The van der Waals surface area contributed by atoms with Crippen molar-refractivity contribution >= 4 is 35.9 Å². The number of carbonyl (C=O) groups excluding carboxylic acids is 1. The van der Waals surface area contributed by atoms with E-state index in [4.69, 9.17) is 0 Å². The van der Waals surface area contributed by atoms with Gasteiger partial charge in [0.25, 0.3) is 0 Å². The number of hydrogen-bond acceptors (Lipinski definition) is 4. The lowest BCUT2D eigenvalue weighted by Gasteiger charge is -1.97. The predicted molar refractivity (Wildman–Crippen MR) is 42.8 cm³/mol. The Hall–Kier alpha value is -0.0900. The summed E-state index contributed by atoms with van der Waals surface area (Å²) in [6.07, 6.45) is 0.317. The zero-order valence-corrected chi connectivity index (χ0v) is 6.80. The molecule has 0 N–H and O–H groups in total. The molecule has 0 bridgehead atoms. The van der Waals surface area contributed by atoms with Gasteiger partial charge in [-0.05, 0) is 12.2 Å². The highest BCUT2D eigenvalue weighted by atomic mass is 32.1. The zero-order valence-electron chi connectivity index (χ0n) is 5.09. The van der Waals surface area contributed by atoms with Gasteiger partial charge >= 0.3 is 5.97 Å². The first kappa shape index (κ1) is 8.91. The summed E-state index contributed by atoms with van der Waals surface area (Å²) in [7, 11) is 0. The van der Waals surface area contributed by atoms with Crippen LogP contribution in [0.25, 0.3) is 0 Å². The van der Waals surface area contributed by atoms with Gasteiger partial charge in [-0.15, -0.1) is 0 Å². The molecule has 0 saturated carbocycles. The van der Waals surface area contributed by atoms with Crippen molar-refractivity contribution in [1.82, 2.24) is 0 Å². The second kappa shape index (κ2) is 4.76. The van der Waals surface area contributed by atoms with E-state index >= 15 is 0 Å². The minimum atomic E-state index is -0.308. The van der Waals surface area contributed by atoms with Gasteiger partial charge in [-0.3, -0.25) is 4.79 Å². The fourth-order valence-corrected chi connectivity index (χ4v) is 0.578. The third-order valence-corrected chi connectivity index (χ3v) is 0.880. The summed E-state index contributed by atoms with van der Waals surface area (Å²) in [5, 5.41) is 0.266. The maximum atomic E-state index is 10.5. The number of ether oxygens (including phenoxy) is 1. The molecule has 0 aromatic rings. The normalized spacial score (nSPS) is 8.67. The highest BCUT2D eigenvalue weighted by Crippen LogP contribution is 1.90. The molecule has 9 heavy (non-hydrogen) atoms. The lowest BCUT2D eigenvalue weighted by molar-refractivity contribution is -0.134. The van der Waals surface area contributed by atoms with Gasteiger partial charge < -0.3 is 4.74 Å². The van der Waals surface area contributed by atoms with Crippen LogP contribution in [0.3, 0.4) is 0 Å². The molecule has 0 saturated heterocycles. The third kappa shape index (κ3) is 5.79. The molecule has 52 valence electrons. The maximum absolute atomic E-state index is 10.5. The number of thiol groups is 1. The number of thiocarbonyl (C=S) groups is 1. The quantitative estimate of drug-likeness (QED) is 0.377. The average Bonchev–Trinajstić information content (AvgIpc) is 1.63. The van der Waals surface area contributed by atoms with Crippen molar-refractivity contribution in [3.05, 3.63) is 0 Å². The summed E-state index contributed by atoms with van der Waals surface area (Å²) < 4.78 is 4.53. The highest BCUT2D eigenvalue weighted by molar-refractivity contribution is 7.80. The van der Waals surface area contributed by atoms with Crippen LogP contribution in [0.15, 0.2) is 0 Å². The zero-order chi connectivity index (χ0) is 7.28. The molecule has 0 rings (SSSR count). The van der Waals surface area contributed by atoms with E-state index in [0.29, 0.717) is 12.2 Å². The molecule has 0 aromatic carbocycles. The summed E-state index contributed by atoms with van der Waals surface area (Å²) >= 11 is 8.36. The molecule has 0 aromatic heterocycles. The molecule has 0 aliphatic carbocycles. The molecule has 0 amide bonds. The van der Waals surface area contributed by atoms with Crippen LogP contribution in [-0.2, 0) is 9.53 Å². The van der Waals surface area contributed by atoms with Crippen LogP contribution in [0.2, 0.25) is 0 Å². The Morgan fingerprint density at radius 1 is 1.78 bits per heavy atom. The van der Waals surface area contributed by atoms with Crippen molar-refractivity contribution in [2.24, 2.45) is 0 Å². The van der Waals surface area contributed by atoms with E-state index in [-0.39, 0.29) is 11.0 Å². The second-order valence-corrected chi connectivity index (χ2v) is 2.46. The molecule has 2 nitrogen and oxygen atoms in total. The molecule has 4 heteroatoms. The number of carbonyl (C=O) groups is 1. The fraction of sp³-hybridized carbons (Fsp3) is 0.600. The van der Waals surface area contributed by atoms with Crippen molar-refractivity contribution in [3.8, 4) is 0 Å². The topological polar surface area (TPSA) is 26.3 Å². The van der Waals surface area contributed by atoms with Crippen molar-refractivity contribution in [3.63, 3.8) is 0 Å². The first-order chi connectivity index (χ1) is 4.16. The molecular formula is C5H8O2S2. The molecule has 0 radical (unpaired) electrons. The Bertz CT molecular complexity index is 122. The lowest BCUT2D eigenvalue weighted by Crippen LogP contribution is -2.07. The highest BCUT2D eigenvalue weighted by Gasteiger charge is 2.00. The van der Waals surface area contributed by atoms with Gasteiger partial charge in [0.1, 0.15) is 0 Å². The van der Waals surface area contributed by atoms with Crippen molar-refractivity contribution in [2.45, 2.75) is 13.3 Å². The Morgan fingerprint density at radius 3 is 2.67 bits per heavy atom. The summed E-state index contributed by atoms with van der Waals surface area (Å²) in [4.78, 5) is 10.5. The standard InChI is InChI=1S/C5H8O2S2/c1-4(9)7-5(6)2-3-8/h8H,2-3H2,1H3. The molecule has 0 spiro atoms. The first-order valence-electron chi connectivity index (χ1n) is 2.49. The van der Waals surface area contributed by atoms with E-state index in [2.05, 4.69) is 29.6 Å². The summed E-state index contributed by atoms with van der Waals surface area (Å²) in [6.45, 7) is 1.56. The van der Waals surface area contributed by atoms with Gasteiger partial charge in [0.2, 0.25) is 0 Å². The third-order valence-electron chi connectivity index (χ3n) is 0.573. The largest absolute Gasteiger partial charge is 0.419 e. The van der Waals surface area contributed by atoms with Gasteiger partial charge in [-0.2, -0.15) is 12.6 Å². The van der Waals surface area contributed by atoms with E-state index < -0.39 is 0 Å². The number of esters is 1. The summed E-state index contributed by atoms with van der Waals surface area (Å²) in [6, 6.07) is 0. The van der Waals surface area contributed by atoms with Gasteiger partial charge in [0, 0.05) is 12.7 Å². The smallest absolute Gasteiger partial charge is 0.312 e. The number of hydrogen-bond donors (Lipinski definition) is 1. The molecule has 0 unspecified atom stereocenters. The monoisotopic (exact) mass is 164 g/mol. The molecule has 0 atom stereocenters. The van der Waals surface area contributed by atoms with Crippen LogP contribution in [0, 0.1) is 0 Å². The molecule has 0 heterocycles. The average molecular weight is 164 g/mol. The summed E-state index contributed by atoms with van der Waals surface area (Å²) in [5.74, 6) is 0.194. The van der Waals surface area contributed by atoms with Gasteiger partial charge in [-0.1, -0.05) is 0 Å². The summed E-state index contributed by atoms with van der Waals surface area (Å²) in [5.41, 5.74) is 0.